The summed E-state index contributed by atoms with van der Waals surface area (Å²) in [5.74, 6) is -0.283. The minimum absolute atomic E-state index is 0.0145. The van der Waals surface area contributed by atoms with Crippen LogP contribution < -0.4 is 0 Å². The fourth-order valence-electron chi connectivity index (χ4n) is 0.787. The minimum Gasteiger partial charge on any atom is -0.295 e. The topological polar surface area (TPSA) is 17.1 Å². The Bertz CT molecular complexity index is 298. The van der Waals surface area contributed by atoms with E-state index in [4.69, 9.17) is 0 Å². The smallest absolute Gasteiger partial charge is 0.152 e. The van der Waals surface area contributed by atoms with E-state index in [2.05, 4.69) is 0 Å². The fourth-order valence-corrected chi connectivity index (χ4v) is 0.787. The number of halogens is 1. The van der Waals surface area contributed by atoms with E-state index in [1.54, 1.807) is 18.2 Å². The van der Waals surface area contributed by atoms with Crippen LogP contribution in [-0.4, -0.2) is 5.78 Å². The molecule has 0 N–H and O–H groups in total. The van der Waals surface area contributed by atoms with E-state index in [1.807, 2.05) is 0 Å². The summed E-state index contributed by atoms with van der Waals surface area (Å²) in [4.78, 5) is 10.5. The summed E-state index contributed by atoms with van der Waals surface area (Å²) in [6, 6.07) is 5.96. The molecule has 0 unspecified atom stereocenters. The van der Waals surface area contributed by atoms with Crippen LogP contribution in [0, 0.1) is 5.82 Å². The second-order valence-electron chi connectivity index (χ2n) is 2.50. The van der Waals surface area contributed by atoms with Crippen LogP contribution in [0.3, 0.4) is 0 Å². The summed E-state index contributed by atoms with van der Waals surface area (Å²) >= 11 is 0. The molecule has 0 heterocycles. The highest BCUT2D eigenvalue weighted by atomic mass is 19.1. The van der Waals surface area contributed by atoms with E-state index in [1.165, 1.54) is 25.1 Å². The zero-order valence-electron chi connectivity index (χ0n) is 6.75. The number of benzene rings is 1. The normalized spacial score (nSPS) is 10.5. The third-order valence-electron chi connectivity index (χ3n) is 1.38. The van der Waals surface area contributed by atoms with E-state index < -0.39 is 0 Å². The summed E-state index contributed by atoms with van der Waals surface area (Å²) in [5, 5.41) is 0. The van der Waals surface area contributed by atoms with Crippen LogP contribution in [0.15, 0.2) is 30.3 Å². The highest BCUT2D eigenvalue weighted by Crippen LogP contribution is 2.04. The number of carbonyl (C=O) groups is 1. The Hall–Kier alpha value is -1.44. The summed E-state index contributed by atoms with van der Waals surface area (Å²) < 4.78 is 12.4. The molecule has 1 aromatic carbocycles. The number of hydrogen-bond donors (Lipinski definition) is 0. The average Bonchev–Trinajstić information content (AvgIpc) is 2.03. The van der Waals surface area contributed by atoms with E-state index in [-0.39, 0.29) is 11.6 Å². The summed E-state index contributed by atoms with van der Waals surface area (Å²) in [7, 11) is 0. The maximum absolute atomic E-state index is 12.4. The van der Waals surface area contributed by atoms with Crippen LogP contribution in [0.4, 0.5) is 4.39 Å². The van der Waals surface area contributed by atoms with Crippen molar-refractivity contribution in [1.29, 1.82) is 0 Å². The molecule has 12 heavy (non-hydrogen) atoms. The van der Waals surface area contributed by atoms with Crippen molar-refractivity contribution in [3.63, 3.8) is 0 Å². The molecule has 0 bridgehead atoms. The quantitative estimate of drug-likeness (QED) is 0.613. The molecule has 2 heteroatoms. The van der Waals surface area contributed by atoms with Gasteiger partial charge in [-0.2, -0.15) is 0 Å². The van der Waals surface area contributed by atoms with Gasteiger partial charge in [0.05, 0.1) is 0 Å². The van der Waals surface area contributed by atoms with Crippen molar-refractivity contribution in [3.05, 3.63) is 41.7 Å². The molecule has 1 nitrogen and oxygen atoms in total. The number of allylic oxidation sites excluding steroid dienone is 1. The zero-order chi connectivity index (χ0) is 8.97. The molecular weight excluding hydrogens is 155 g/mol. The molecule has 0 aliphatic rings. The maximum Gasteiger partial charge on any atom is 0.152 e. The van der Waals surface area contributed by atoms with Gasteiger partial charge >= 0.3 is 0 Å². The lowest BCUT2D eigenvalue weighted by atomic mass is 10.2. The third-order valence-corrected chi connectivity index (χ3v) is 1.38. The Labute approximate surface area is 70.5 Å². The molecule has 0 saturated heterocycles. The third kappa shape index (κ3) is 2.66. The second-order valence-corrected chi connectivity index (χ2v) is 2.50. The van der Waals surface area contributed by atoms with Gasteiger partial charge in [0.15, 0.2) is 5.78 Å². The van der Waals surface area contributed by atoms with Crippen molar-refractivity contribution < 1.29 is 9.18 Å². The van der Waals surface area contributed by atoms with Gasteiger partial charge in [-0.3, -0.25) is 4.79 Å². The molecule has 0 atom stereocenters. The predicted molar refractivity (Wildman–Crippen MR) is 46.1 cm³/mol. The molecule has 1 rings (SSSR count). The maximum atomic E-state index is 12.4. The zero-order valence-corrected chi connectivity index (χ0v) is 6.75. The molecule has 0 aliphatic carbocycles. The molecular formula is C10H9FO. The van der Waals surface area contributed by atoms with Crippen LogP contribution >= 0.6 is 0 Å². The van der Waals surface area contributed by atoms with Gasteiger partial charge in [0, 0.05) is 0 Å². The van der Waals surface area contributed by atoms with E-state index in [0.29, 0.717) is 0 Å². The Morgan fingerprint density at radius 1 is 1.33 bits per heavy atom. The second kappa shape index (κ2) is 3.81. The van der Waals surface area contributed by atoms with Crippen molar-refractivity contribution in [1.82, 2.24) is 0 Å². The van der Waals surface area contributed by atoms with Crippen LogP contribution in [0.25, 0.3) is 6.08 Å². The van der Waals surface area contributed by atoms with Crippen LogP contribution in [0.2, 0.25) is 0 Å². The predicted octanol–water partition coefficient (Wildman–Crippen LogP) is 2.43. The van der Waals surface area contributed by atoms with Gasteiger partial charge in [-0.1, -0.05) is 18.2 Å². The van der Waals surface area contributed by atoms with Crippen LogP contribution in [0.5, 0.6) is 0 Å². The Morgan fingerprint density at radius 2 is 1.92 bits per heavy atom. The standard InChI is InChI=1S/C10H9FO/c1-8(12)2-3-9-4-6-10(11)7-5-9/h2-7H,1H3/b3-2-. The first-order valence-electron chi connectivity index (χ1n) is 3.63. The van der Waals surface area contributed by atoms with Crippen molar-refractivity contribution >= 4 is 11.9 Å². The Balaban J connectivity index is 2.77. The summed E-state index contributed by atoms with van der Waals surface area (Å²) in [5.41, 5.74) is 0.826. The average molecular weight is 164 g/mol. The molecule has 0 spiro atoms. The van der Waals surface area contributed by atoms with Gasteiger partial charge in [-0.05, 0) is 30.7 Å². The lowest BCUT2D eigenvalue weighted by molar-refractivity contribution is -0.112. The molecule has 0 fully saturated rings. The van der Waals surface area contributed by atoms with Gasteiger partial charge in [0.2, 0.25) is 0 Å². The molecule has 0 aromatic heterocycles. The number of ketones is 1. The highest BCUT2D eigenvalue weighted by Gasteiger charge is 1.88. The van der Waals surface area contributed by atoms with Crippen molar-refractivity contribution in [3.8, 4) is 0 Å². The Kier molecular flexibility index (Phi) is 2.75. The van der Waals surface area contributed by atoms with Gasteiger partial charge < -0.3 is 0 Å². The van der Waals surface area contributed by atoms with Gasteiger partial charge in [0.1, 0.15) is 5.82 Å². The first-order valence-corrected chi connectivity index (χ1v) is 3.63. The molecule has 0 saturated carbocycles. The number of hydrogen-bond acceptors (Lipinski definition) is 1. The van der Waals surface area contributed by atoms with Crippen LogP contribution in [0.1, 0.15) is 12.5 Å². The van der Waals surface area contributed by atoms with Gasteiger partial charge in [-0.25, -0.2) is 4.39 Å². The monoisotopic (exact) mass is 164 g/mol. The SMILES string of the molecule is CC(=O)/C=C\c1ccc(F)cc1. The summed E-state index contributed by atoms with van der Waals surface area (Å²) in [6.07, 6.45) is 3.11. The largest absolute Gasteiger partial charge is 0.295 e. The van der Waals surface area contributed by atoms with Gasteiger partial charge in [0.25, 0.3) is 0 Å². The fraction of sp³-hybridized carbons (Fsp3) is 0.100. The molecule has 0 amide bonds. The molecule has 62 valence electrons. The molecule has 1 aromatic rings. The first kappa shape index (κ1) is 8.65. The van der Waals surface area contributed by atoms with Crippen molar-refractivity contribution in [2.24, 2.45) is 0 Å². The van der Waals surface area contributed by atoms with Gasteiger partial charge in [-0.15, -0.1) is 0 Å². The van der Waals surface area contributed by atoms with E-state index in [0.717, 1.165) is 5.56 Å². The van der Waals surface area contributed by atoms with Crippen molar-refractivity contribution in [2.75, 3.05) is 0 Å². The first-order chi connectivity index (χ1) is 5.68. The molecule has 0 aliphatic heterocycles. The van der Waals surface area contributed by atoms with E-state index >= 15 is 0 Å². The highest BCUT2D eigenvalue weighted by molar-refractivity contribution is 5.91. The lowest BCUT2D eigenvalue weighted by Gasteiger charge is -1.90. The molecule has 0 radical (unpaired) electrons. The lowest BCUT2D eigenvalue weighted by Crippen LogP contribution is -1.80. The van der Waals surface area contributed by atoms with Crippen molar-refractivity contribution in [2.45, 2.75) is 6.92 Å². The Morgan fingerprint density at radius 3 is 2.42 bits per heavy atom. The summed E-state index contributed by atoms with van der Waals surface area (Å²) in [6.45, 7) is 1.47. The van der Waals surface area contributed by atoms with E-state index in [9.17, 15) is 9.18 Å². The van der Waals surface area contributed by atoms with Crippen LogP contribution in [-0.2, 0) is 4.79 Å². The minimum atomic E-state index is -0.269. The number of rotatable bonds is 2. The number of carbonyl (C=O) groups excluding carboxylic acids is 1.